The van der Waals surface area contributed by atoms with Crippen LogP contribution in [0.4, 0.5) is 5.69 Å². The van der Waals surface area contributed by atoms with E-state index >= 15 is 0 Å². The van der Waals surface area contributed by atoms with Crippen LogP contribution in [0.15, 0.2) is 114 Å². The number of nitrogens with one attached hydrogen (secondary N) is 1. The minimum Gasteiger partial charge on any atom is -0.494 e. The fourth-order valence-corrected chi connectivity index (χ4v) is 6.49. The highest BCUT2D eigenvalue weighted by molar-refractivity contribution is 7.92. The second kappa shape index (κ2) is 15.9. The number of benzene rings is 4. The first-order valence-electron chi connectivity index (χ1n) is 15.2. The lowest BCUT2D eigenvalue weighted by atomic mass is 10.0. The first-order chi connectivity index (χ1) is 21.7. The molecule has 1 N–H and O–H groups in total. The van der Waals surface area contributed by atoms with Crippen LogP contribution in [0.5, 0.6) is 5.75 Å². The molecule has 0 aliphatic rings. The Morgan fingerprint density at radius 1 is 0.822 bits per heavy atom. The maximum Gasteiger partial charge on any atom is 0.264 e. The lowest BCUT2D eigenvalue weighted by Gasteiger charge is -2.34. The van der Waals surface area contributed by atoms with Crippen molar-refractivity contribution in [2.24, 2.45) is 0 Å². The first-order valence-corrected chi connectivity index (χ1v) is 16.6. The Hall–Kier alpha value is -4.63. The highest BCUT2D eigenvalue weighted by atomic mass is 32.2. The van der Waals surface area contributed by atoms with Gasteiger partial charge in [-0.05, 0) is 67.8 Å². The zero-order valence-corrected chi connectivity index (χ0v) is 26.9. The number of hydrogen-bond donors (Lipinski definition) is 1. The van der Waals surface area contributed by atoms with Gasteiger partial charge in [-0.1, -0.05) is 85.3 Å². The molecule has 0 radical (unpaired) electrons. The van der Waals surface area contributed by atoms with Crippen molar-refractivity contribution in [2.45, 2.75) is 51.1 Å². The van der Waals surface area contributed by atoms with Crippen molar-refractivity contribution in [1.82, 2.24) is 10.2 Å². The summed E-state index contributed by atoms with van der Waals surface area (Å²) in [5, 5.41) is 2.97. The monoisotopic (exact) mass is 627 g/mol. The lowest BCUT2D eigenvalue weighted by Crippen LogP contribution is -2.53. The van der Waals surface area contributed by atoms with Gasteiger partial charge in [0.2, 0.25) is 11.8 Å². The summed E-state index contributed by atoms with van der Waals surface area (Å²) in [6.45, 7) is 6.32. The number of ether oxygens (including phenoxy) is 1. The predicted molar refractivity (Wildman–Crippen MR) is 178 cm³/mol. The zero-order valence-electron chi connectivity index (χ0n) is 26.1. The molecule has 0 saturated heterocycles. The van der Waals surface area contributed by atoms with Gasteiger partial charge in [0.25, 0.3) is 10.0 Å². The molecule has 0 spiro atoms. The highest BCUT2D eigenvalue weighted by Gasteiger charge is 2.34. The second-order valence-electron chi connectivity index (χ2n) is 10.8. The van der Waals surface area contributed by atoms with Crippen molar-refractivity contribution >= 4 is 27.5 Å². The topological polar surface area (TPSA) is 96.0 Å². The van der Waals surface area contributed by atoms with Gasteiger partial charge in [0.15, 0.2) is 0 Å². The van der Waals surface area contributed by atoms with Crippen LogP contribution in [0, 0.1) is 6.92 Å². The zero-order chi connectivity index (χ0) is 32.2. The number of carbonyl (C=O) groups excluding carboxylic acids is 2. The van der Waals surface area contributed by atoms with E-state index in [9.17, 15) is 18.0 Å². The molecule has 236 valence electrons. The third-order valence-electron chi connectivity index (χ3n) is 7.30. The summed E-state index contributed by atoms with van der Waals surface area (Å²) in [4.78, 5) is 29.8. The van der Waals surface area contributed by atoms with Crippen LogP contribution < -0.4 is 14.4 Å². The van der Waals surface area contributed by atoms with E-state index in [1.807, 2.05) is 75.4 Å². The van der Waals surface area contributed by atoms with E-state index in [-0.39, 0.29) is 23.8 Å². The van der Waals surface area contributed by atoms with Crippen molar-refractivity contribution in [3.8, 4) is 5.75 Å². The fraction of sp³-hybridized carbons (Fsp3) is 0.278. The molecular formula is C36H41N3O5S. The normalized spacial score (nSPS) is 11.8. The van der Waals surface area contributed by atoms with E-state index in [0.29, 0.717) is 24.6 Å². The van der Waals surface area contributed by atoms with Gasteiger partial charge >= 0.3 is 0 Å². The van der Waals surface area contributed by atoms with Gasteiger partial charge in [0, 0.05) is 19.5 Å². The van der Waals surface area contributed by atoms with Crippen LogP contribution in [0.2, 0.25) is 0 Å². The Labute approximate surface area is 266 Å². The van der Waals surface area contributed by atoms with Crippen molar-refractivity contribution < 1.29 is 22.7 Å². The number of rotatable bonds is 15. The van der Waals surface area contributed by atoms with Crippen LogP contribution in [-0.4, -0.2) is 50.9 Å². The van der Waals surface area contributed by atoms with Crippen LogP contribution in [0.1, 0.15) is 37.0 Å². The van der Waals surface area contributed by atoms with Crippen LogP contribution in [0.3, 0.4) is 0 Å². The van der Waals surface area contributed by atoms with Crippen molar-refractivity contribution in [1.29, 1.82) is 0 Å². The van der Waals surface area contributed by atoms with Crippen molar-refractivity contribution in [3.05, 3.63) is 126 Å². The Kier molecular flexibility index (Phi) is 11.8. The second-order valence-corrected chi connectivity index (χ2v) is 12.6. The number of hydrogen-bond acceptors (Lipinski definition) is 5. The number of nitrogens with zero attached hydrogens (tertiary/aromatic N) is 2. The van der Waals surface area contributed by atoms with E-state index in [1.54, 1.807) is 42.5 Å². The third kappa shape index (κ3) is 8.95. The molecule has 0 aromatic heterocycles. The number of carbonyl (C=O) groups is 2. The van der Waals surface area contributed by atoms with Gasteiger partial charge in [-0.2, -0.15) is 0 Å². The molecule has 0 aliphatic heterocycles. The predicted octanol–water partition coefficient (Wildman–Crippen LogP) is 5.76. The van der Waals surface area contributed by atoms with E-state index in [4.69, 9.17) is 4.74 Å². The van der Waals surface area contributed by atoms with Gasteiger partial charge in [0.05, 0.1) is 17.2 Å². The SMILES string of the molecule is CCCNC(=O)[C@H](Cc1ccccc1)N(Cc1cccc(C)c1)C(=O)CN(c1ccc(OCC)cc1)S(=O)(=O)c1ccccc1. The van der Waals surface area contributed by atoms with Gasteiger partial charge in [0.1, 0.15) is 18.3 Å². The molecule has 0 fully saturated rings. The molecular weight excluding hydrogens is 586 g/mol. The number of aryl methyl sites for hydroxylation is 1. The van der Waals surface area contributed by atoms with Crippen LogP contribution in [0.25, 0.3) is 0 Å². The minimum absolute atomic E-state index is 0.0541. The van der Waals surface area contributed by atoms with E-state index in [0.717, 1.165) is 27.4 Å². The van der Waals surface area contributed by atoms with Crippen molar-refractivity contribution in [2.75, 3.05) is 24.0 Å². The first kappa shape index (κ1) is 33.3. The molecule has 4 rings (SSSR count). The molecule has 8 nitrogen and oxygen atoms in total. The Morgan fingerprint density at radius 3 is 2.09 bits per heavy atom. The molecule has 0 heterocycles. The molecule has 4 aromatic carbocycles. The maximum atomic E-state index is 14.5. The summed E-state index contributed by atoms with van der Waals surface area (Å²) < 4.78 is 34.8. The van der Waals surface area contributed by atoms with Gasteiger partial charge in [-0.25, -0.2) is 8.42 Å². The number of amides is 2. The summed E-state index contributed by atoms with van der Waals surface area (Å²) >= 11 is 0. The van der Waals surface area contributed by atoms with E-state index in [1.165, 1.54) is 17.0 Å². The van der Waals surface area contributed by atoms with Crippen LogP contribution in [-0.2, 0) is 32.6 Å². The molecule has 4 aromatic rings. The van der Waals surface area contributed by atoms with E-state index < -0.39 is 28.5 Å². The molecule has 0 unspecified atom stereocenters. The van der Waals surface area contributed by atoms with Crippen LogP contribution >= 0.6 is 0 Å². The summed E-state index contributed by atoms with van der Waals surface area (Å²) in [5.74, 6) is -0.209. The Balaban J connectivity index is 1.78. The summed E-state index contributed by atoms with van der Waals surface area (Å²) in [7, 11) is -4.16. The highest BCUT2D eigenvalue weighted by Crippen LogP contribution is 2.27. The number of anilines is 1. The van der Waals surface area contributed by atoms with Crippen molar-refractivity contribution in [3.63, 3.8) is 0 Å². The van der Waals surface area contributed by atoms with E-state index in [2.05, 4.69) is 5.32 Å². The Bertz CT molecular complexity index is 1650. The molecule has 1 atom stereocenters. The standard InChI is InChI=1S/C36H41N3O5S/c1-4-23-37-36(41)34(25-29-14-8-6-9-15-29)38(26-30-16-12-13-28(3)24-30)35(40)27-39(31-19-21-32(22-20-31)44-5-2)45(42,43)33-17-10-7-11-18-33/h6-22,24,34H,4-5,23,25-27H2,1-3H3,(H,37,41)/t34-/m0/s1. The molecule has 0 aliphatic carbocycles. The molecule has 9 heteroatoms. The minimum atomic E-state index is -4.16. The third-order valence-corrected chi connectivity index (χ3v) is 9.09. The maximum absolute atomic E-state index is 14.5. The summed E-state index contributed by atoms with van der Waals surface area (Å²) in [6, 6.07) is 31.0. The Morgan fingerprint density at radius 2 is 1.47 bits per heavy atom. The summed E-state index contributed by atoms with van der Waals surface area (Å²) in [5.41, 5.74) is 3.04. The molecule has 45 heavy (non-hydrogen) atoms. The fourth-order valence-electron chi connectivity index (χ4n) is 5.05. The average molecular weight is 628 g/mol. The lowest BCUT2D eigenvalue weighted by molar-refractivity contribution is -0.140. The van der Waals surface area contributed by atoms with Gasteiger partial charge in [-0.15, -0.1) is 0 Å². The summed E-state index contributed by atoms with van der Waals surface area (Å²) in [6.07, 6.45) is 0.999. The average Bonchev–Trinajstić information content (AvgIpc) is 3.05. The molecule has 0 bridgehead atoms. The number of sulfonamides is 1. The largest absolute Gasteiger partial charge is 0.494 e. The van der Waals surface area contributed by atoms with Gasteiger partial charge < -0.3 is 15.0 Å². The molecule has 0 saturated carbocycles. The molecule has 2 amide bonds. The smallest absolute Gasteiger partial charge is 0.264 e. The van der Waals surface area contributed by atoms with Gasteiger partial charge in [-0.3, -0.25) is 13.9 Å². The quantitative estimate of drug-likeness (QED) is 0.181.